The van der Waals surface area contributed by atoms with Crippen LogP contribution in [0.3, 0.4) is 0 Å². The van der Waals surface area contributed by atoms with Gasteiger partial charge in [-0.15, -0.1) is 10.2 Å². The van der Waals surface area contributed by atoms with E-state index in [0.717, 1.165) is 29.7 Å². The van der Waals surface area contributed by atoms with Crippen LogP contribution in [0.1, 0.15) is 35.8 Å². The number of nitrogens with zero attached hydrogens (tertiary/aromatic N) is 4. The molecule has 3 fully saturated rings. The Bertz CT molecular complexity index is 1160. The molecule has 0 bridgehead atoms. The zero-order valence-corrected chi connectivity index (χ0v) is 22.0. The number of likely N-dealkylation sites (tertiary alicyclic amines) is 1. The topological polar surface area (TPSA) is 132 Å². The SMILES string of the molecule is COc1ccc([C@@H]2CC(=O)N(CC(=O)Nc3nnc(CC(=O)N4CCOCC4)s3)C2)cc1OC1CCCO1. The highest BCUT2D eigenvalue weighted by atomic mass is 32.1. The summed E-state index contributed by atoms with van der Waals surface area (Å²) >= 11 is 1.16. The third-order valence-electron chi connectivity index (χ3n) is 6.73. The van der Waals surface area contributed by atoms with Gasteiger partial charge in [0, 0.05) is 38.4 Å². The van der Waals surface area contributed by atoms with Gasteiger partial charge in [-0.1, -0.05) is 17.4 Å². The molecule has 0 spiro atoms. The first-order chi connectivity index (χ1) is 18.5. The molecule has 1 unspecified atom stereocenters. The van der Waals surface area contributed by atoms with Gasteiger partial charge in [0.25, 0.3) is 0 Å². The van der Waals surface area contributed by atoms with Crippen molar-refractivity contribution >= 4 is 34.2 Å². The van der Waals surface area contributed by atoms with Crippen molar-refractivity contribution in [3.05, 3.63) is 28.8 Å². The van der Waals surface area contributed by atoms with Crippen LogP contribution in [0.4, 0.5) is 5.13 Å². The van der Waals surface area contributed by atoms with Gasteiger partial charge in [-0.3, -0.25) is 19.7 Å². The largest absolute Gasteiger partial charge is 0.493 e. The average molecular weight is 546 g/mol. The summed E-state index contributed by atoms with van der Waals surface area (Å²) < 4.78 is 22.3. The van der Waals surface area contributed by atoms with E-state index in [-0.39, 0.29) is 42.9 Å². The number of ether oxygens (including phenoxy) is 4. The molecule has 1 aromatic carbocycles. The fraction of sp³-hybridized carbons (Fsp3) is 0.560. The van der Waals surface area contributed by atoms with Crippen molar-refractivity contribution in [1.82, 2.24) is 20.0 Å². The molecule has 3 aliphatic rings. The van der Waals surface area contributed by atoms with E-state index in [1.165, 1.54) is 4.90 Å². The van der Waals surface area contributed by atoms with Gasteiger partial charge >= 0.3 is 0 Å². The molecule has 3 amide bonds. The number of aromatic nitrogens is 2. The minimum absolute atomic E-state index is 0.0427. The first-order valence-electron chi connectivity index (χ1n) is 12.7. The maximum atomic E-state index is 12.7. The normalized spacial score (nSPS) is 21.6. The van der Waals surface area contributed by atoms with E-state index in [4.69, 9.17) is 18.9 Å². The second-order valence-electron chi connectivity index (χ2n) is 9.37. The molecule has 3 saturated heterocycles. The van der Waals surface area contributed by atoms with Crippen molar-refractivity contribution in [2.45, 2.75) is 37.9 Å². The van der Waals surface area contributed by atoms with Gasteiger partial charge in [0.05, 0.1) is 39.9 Å². The standard InChI is InChI=1S/C25H31N5O7S/c1-34-18-5-4-16(11-19(18)37-24-3-2-8-36-24)17-12-22(32)30(14-17)15-20(31)26-25-28-27-21(38-25)13-23(33)29-6-9-35-10-7-29/h4-5,11,17,24H,2-3,6-10,12-15H2,1H3,(H,26,28,31)/t17-,24?/m1/s1. The van der Waals surface area contributed by atoms with Crippen molar-refractivity contribution in [3.63, 3.8) is 0 Å². The van der Waals surface area contributed by atoms with Crippen LogP contribution < -0.4 is 14.8 Å². The predicted octanol–water partition coefficient (Wildman–Crippen LogP) is 1.42. The summed E-state index contributed by atoms with van der Waals surface area (Å²) in [6, 6.07) is 5.64. The first-order valence-corrected chi connectivity index (χ1v) is 13.5. The molecule has 2 atom stereocenters. The number of nitrogens with one attached hydrogen (secondary N) is 1. The Kier molecular flexibility index (Phi) is 8.35. The number of carbonyl (C=O) groups is 3. The van der Waals surface area contributed by atoms with Crippen molar-refractivity contribution in [2.24, 2.45) is 0 Å². The fourth-order valence-electron chi connectivity index (χ4n) is 4.73. The molecule has 0 radical (unpaired) electrons. The quantitative estimate of drug-likeness (QED) is 0.497. The predicted molar refractivity (Wildman–Crippen MR) is 136 cm³/mol. The number of rotatable bonds is 9. The Hall–Kier alpha value is -3.29. The summed E-state index contributed by atoms with van der Waals surface area (Å²) in [4.78, 5) is 41.0. The van der Waals surface area contributed by atoms with Crippen LogP contribution >= 0.6 is 11.3 Å². The molecule has 3 aliphatic heterocycles. The number of benzene rings is 1. The number of anilines is 1. The lowest BCUT2D eigenvalue weighted by atomic mass is 9.98. The van der Waals surface area contributed by atoms with E-state index in [1.807, 2.05) is 18.2 Å². The smallest absolute Gasteiger partial charge is 0.245 e. The first kappa shape index (κ1) is 26.3. The zero-order chi connectivity index (χ0) is 26.5. The fourth-order valence-corrected chi connectivity index (χ4v) is 5.48. The molecule has 5 rings (SSSR count). The molecule has 1 N–H and O–H groups in total. The molecule has 1 aromatic heterocycles. The number of carbonyl (C=O) groups excluding carboxylic acids is 3. The lowest BCUT2D eigenvalue weighted by Gasteiger charge is -2.26. The molecular weight excluding hydrogens is 514 g/mol. The van der Waals surface area contributed by atoms with Gasteiger partial charge in [0.2, 0.25) is 22.9 Å². The van der Waals surface area contributed by atoms with Gasteiger partial charge in [-0.05, 0) is 24.1 Å². The van der Waals surface area contributed by atoms with Crippen LogP contribution in [0.25, 0.3) is 0 Å². The second kappa shape index (κ2) is 12.0. The van der Waals surface area contributed by atoms with E-state index < -0.39 is 0 Å². The Morgan fingerprint density at radius 3 is 2.79 bits per heavy atom. The van der Waals surface area contributed by atoms with Crippen molar-refractivity contribution in [3.8, 4) is 11.5 Å². The summed E-state index contributed by atoms with van der Waals surface area (Å²) in [5.74, 6) is 0.605. The van der Waals surface area contributed by atoms with Crippen LogP contribution in [-0.2, 0) is 30.3 Å². The lowest BCUT2D eigenvalue weighted by Crippen LogP contribution is -2.41. The van der Waals surface area contributed by atoms with E-state index in [1.54, 1.807) is 12.0 Å². The Balaban J connectivity index is 1.14. The minimum atomic E-state index is -0.363. The molecule has 0 aliphatic carbocycles. The highest BCUT2D eigenvalue weighted by Gasteiger charge is 2.33. The number of methoxy groups -OCH3 is 1. The number of hydrogen-bond acceptors (Lipinski definition) is 10. The number of hydrogen-bond donors (Lipinski definition) is 1. The zero-order valence-electron chi connectivity index (χ0n) is 21.2. The molecule has 4 heterocycles. The number of amides is 3. The van der Waals surface area contributed by atoms with Crippen LogP contribution in [0.15, 0.2) is 18.2 Å². The van der Waals surface area contributed by atoms with Crippen molar-refractivity contribution < 1.29 is 33.3 Å². The van der Waals surface area contributed by atoms with Gasteiger partial charge in [-0.25, -0.2) is 0 Å². The molecule has 38 heavy (non-hydrogen) atoms. The highest BCUT2D eigenvalue weighted by molar-refractivity contribution is 7.15. The Morgan fingerprint density at radius 2 is 2.03 bits per heavy atom. The van der Waals surface area contributed by atoms with Crippen LogP contribution in [-0.4, -0.2) is 97.1 Å². The van der Waals surface area contributed by atoms with Gasteiger partial charge in [0.15, 0.2) is 17.8 Å². The molecule has 0 saturated carbocycles. The maximum absolute atomic E-state index is 12.7. The van der Waals surface area contributed by atoms with E-state index in [0.29, 0.717) is 67.5 Å². The minimum Gasteiger partial charge on any atom is -0.493 e. The lowest BCUT2D eigenvalue weighted by molar-refractivity contribution is -0.134. The van der Waals surface area contributed by atoms with Gasteiger partial charge < -0.3 is 28.7 Å². The summed E-state index contributed by atoms with van der Waals surface area (Å²) in [5, 5.41) is 11.5. The van der Waals surface area contributed by atoms with Crippen LogP contribution in [0.2, 0.25) is 0 Å². The van der Waals surface area contributed by atoms with Crippen molar-refractivity contribution in [1.29, 1.82) is 0 Å². The summed E-state index contributed by atoms with van der Waals surface area (Å²) in [7, 11) is 1.58. The molecular formula is C25H31N5O7S. The summed E-state index contributed by atoms with van der Waals surface area (Å²) in [6.45, 7) is 3.17. The van der Waals surface area contributed by atoms with Crippen molar-refractivity contribution in [2.75, 3.05) is 58.4 Å². The van der Waals surface area contributed by atoms with E-state index >= 15 is 0 Å². The summed E-state index contributed by atoms with van der Waals surface area (Å²) in [5.41, 5.74) is 0.939. The van der Waals surface area contributed by atoms with Crippen LogP contribution in [0, 0.1) is 0 Å². The average Bonchev–Trinajstić information content (AvgIpc) is 3.67. The number of morpholine rings is 1. The molecule has 204 valence electrons. The third-order valence-corrected chi connectivity index (χ3v) is 7.57. The second-order valence-corrected chi connectivity index (χ2v) is 10.4. The van der Waals surface area contributed by atoms with Gasteiger partial charge in [-0.2, -0.15) is 0 Å². The maximum Gasteiger partial charge on any atom is 0.245 e. The molecule has 12 nitrogen and oxygen atoms in total. The summed E-state index contributed by atoms with van der Waals surface area (Å²) in [6.07, 6.45) is 1.89. The molecule has 13 heteroatoms. The third kappa shape index (κ3) is 6.40. The van der Waals surface area contributed by atoms with Crippen LogP contribution in [0.5, 0.6) is 11.5 Å². The molecule has 2 aromatic rings. The Morgan fingerprint density at radius 1 is 1.18 bits per heavy atom. The highest BCUT2D eigenvalue weighted by Crippen LogP contribution is 2.36. The van der Waals surface area contributed by atoms with E-state index in [9.17, 15) is 14.4 Å². The van der Waals surface area contributed by atoms with E-state index in [2.05, 4.69) is 15.5 Å². The monoisotopic (exact) mass is 545 g/mol. The Labute approximate surface area is 224 Å². The van der Waals surface area contributed by atoms with Gasteiger partial charge in [0.1, 0.15) is 5.01 Å².